The van der Waals surface area contributed by atoms with E-state index in [1.807, 2.05) is 19.1 Å². The smallest absolute Gasteiger partial charge is 0.323 e. The van der Waals surface area contributed by atoms with E-state index in [4.69, 9.17) is 4.74 Å². The first-order chi connectivity index (χ1) is 9.49. The summed E-state index contributed by atoms with van der Waals surface area (Å²) in [7, 11) is 0. The molecule has 1 aromatic rings. The first kappa shape index (κ1) is 13.9. The van der Waals surface area contributed by atoms with Crippen LogP contribution in [0.15, 0.2) is 22.7 Å². The third kappa shape index (κ3) is 2.33. The minimum absolute atomic E-state index is 0.0519. The minimum Gasteiger partial charge on any atom is -0.488 e. The summed E-state index contributed by atoms with van der Waals surface area (Å²) in [6.45, 7) is 3.33. The zero-order valence-electron chi connectivity index (χ0n) is 11.4. The topological polar surface area (TPSA) is 49.8 Å². The van der Waals surface area contributed by atoms with Gasteiger partial charge in [-0.05, 0) is 50.1 Å². The number of nitrogens with zero attached hydrogens (tertiary/aromatic N) is 1. The maximum atomic E-state index is 11.5. The average Bonchev–Trinajstić information content (AvgIpc) is 2.94. The highest BCUT2D eigenvalue weighted by atomic mass is 79.9. The lowest BCUT2D eigenvalue weighted by molar-refractivity contribution is -0.149. The Morgan fingerprint density at radius 3 is 3.15 bits per heavy atom. The van der Waals surface area contributed by atoms with Gasteiger partial charge in [-0.3, -0.25) is 9.69 Å². The molecule has 0 aliphatic carbocycles. The van der Waals surface area contributed by atoms with E-state index in [1.165, 1.54) is 5.56 Å². The van der Waals surface area contributed by atoms with Gasteiger partial charge >= 0.3 is 5.97 Å². The third-order valence-electron chi connectivity index (χ3n) is 4.44. The molecule has 2 atom stereocenters. The van der Waals surface area contributed by atoms with Gasteiger partial charge in [0.2, 0.25) is 0 Å². The molecule has 5 heteroatoms. The fourth-order valence-corrected chi connectivity index (χ4v) is 3.60. The Morgan fingerprint density at radius 2 is 2.40 bits per heavy atom. The Kier molecular flexibility index (Phi) is 3.50. The van der Waals surface area contributed by atoms with Crippen LogP contribution >= 0.6 is 15.9 Å². The van der Waals surface area contributed by atoms with Gasteiger partial charge in [-0.2, -0.15) is 0 Å². The maximum absolute atomic E-state index is 11.5. The van der Waals surface area contributed by atoms with Gasteiger partial charge in [0.15, 0.2) is 0 Å². The monoisotopic (exact) mass is 339 g/mol. The highest BCUT2D eigenvalue weighted by Gasteiger charge is 2.44. The van der Waals surface area contributed by atoms with Gasteiger partial charge in [0.1, 0.15) is 17.4 Å². The zero-order valence-corrected chi connectivity index (χ0v) is 13.0. The van der Waals surface area contributed by atoms with Crippen molar-refractivity contribution in [1.82, 2.24) is 4.90 Å². The number of rotatable bonds is 3. The van der Waals surface area contributed by atoms with Crippen LogP contribution in [-0.4, -0.2) is 40.7 Å². The molecule has 0 amide bonds. The first-order valence-electron chi connectivity index (χ1n) is 6.92. The van der Waals surface area contributed by atoms with Crippen LogP contribution < -0.4 is 4.74 Å². The van der Waals surface area contributed by atoms with E-state index in [1.54, 1.807) is 0 Å². The van der Waals surface area contributed by atoms with E-state index in [0.29, 0.717) is 13.0 Å². The summed E-state index contributed by atoms with van der Waals surface area (Å²) < 4.78 is 6.99. The fraction of sp³-hybridized carbons (Fsp3) is 0.533. The Morgan fingerprint density at radius 1 is 1.60 bits per heavy atom. The van der Waals surface area contributed by atoms with Crippen LogP contribution in [0.5, 0.6) is 5.75 Å². The van der Waals surface area contributed by atoms with Crippen LogP contribution in [0.25, 0.3) is 0 Å². The number of hydrogen-bond acceptors (Lipinski definition) is 3. The van der Waals surface area contributed by atoms with Gasteiger partial charge < -0.3 is 9.84 Å². The molecule has 0 bridgehead atoms. The molecule has 20 heavy (non-hydrogen) atoms. The number of likely N-dealkylation sites (tertiary alicyclic amines) is 1. The maximum Gasteiger partial charge on any atom is 0.323 e. The van der Waals surface area contributed by atoms with Gasteiger partial charge in [0.05, 0.1) is 0 Å². The Bertz CT molecular complexity index is 548. The Labute approximate surface area is 126 Å². The molecule has 108 valence electrons. The SMILES string of the molecule is CC1(C(=O)O)CCCN1CC1Cc2cc(Br)ccc2O1. The molecule has 1 fully saturated rings. The van der Waals surface area contributed by atoms with E-state index >= 15 is 0 Å². The molecule has 2 heterocycles. The van der Waals surface area contributed by atoms with Crippen molar-refractivity contribution < 1.29 is 14.6 Å². The standard InChI is InChI=1S/C15H18BrNO3/c1-15(14(18)19)5-2-6-17(15)9-12-8-10-7-11(16)3-4-13(10)20-12/h3-4,7,12H,2,5-6,8-9H2,1H3,(H,18,19). The molecule has 0 aromatic heterocycles. The van der Waals surface area contributed by atoms with E-state index in [2.05, 4.69) is 26.9 Å². The summed E-state index contributed by atoms with van der Waals surface area (Å²) in [6, 6.07) is 6.02. The molecule has 3 rings (SSSR count). The highest BCUT2D eigenvalue weighted by Crippen LogP contribution is 2.34. The van der Waals surface area contributed by atoms with E-state index in [9.17, 15) is 9.90 Å². The normalized spacial score (nSPS) is 29.2. The predicted octanol–water partition coefficient (Wildman–Crippen LogP) is 2.69. The lowest BCUT2D eigenvalue weighted by Gasteiger charge is -2.32. The number of hydrogen-bond donors (Lipinski definition) is 1. The van der Waals surface area contributed by atoms with E-state index in [0.717, 1.165) is 29.6 Å². The Balaban J connectivity index is 1.70. The van der Waals surface area contributed by atoms with Crippen LogP contribution in [-0.2, 0) is 11.2 Å². The number of halogens is 1. The number of carboxylic acid groups (broad SMARTS) is 1. The quantitative estimate of drug-likeness (QED) is 0.919. The first-order valence-corrected chi connectivity index (χ1v) is 7.72. The Hall–Kier alpha value is -1.07. The molecule has 0 saturated carbocycles. The number of benzene rings is 1. The highest BCUT2D eigenvalue weighted by molar-refractivity contribution is 9.10. The fourth-order valence-electron chi connectivity index (χ4n) is 3.19. The van der Waals surface area contributed by atoms with E-state index in [-0.39, 0.29) is 6.10 Å². The summed E-state index contributed by atoms with van der Waals surface area (Å²) in [6.07, 6.45) is 2.55. The van der Waals surface area contributed by atoms with Crippen molar-refractivity contribution in [3.05, 3.63) is 28.2 Å². The third-order valence-corrected chi connectivity index (χ3v) is 4.93. The molecular formula is C15H18BrNO3. The number of carboxylic acids is 1. The summed E-state index contributed by atoms with van der Waals surface area (Å²) in [5.41, 5.74) is 0.458. The molecule has 2 aliphatic rings. The largest absolute Gasteiger partial charge is 0.488 e. The van der Waals surface area contributed by atoms with E-state index < -0.39 is 11.5 Å². The summed E-state index contributed by atoms with van der Waals surface area (Å²) in [5, 5.41) is 9.44. The molecule has 0 radical (unpaired) electrons. The van der Waals surface area contributed by atoms with Crippen molar-refractivity contribution in [3.8, 4) is 5.75 Å². The number of ether oxygens (including phenoxy) is 1. The van der Waals surface area contributed by atoms with Gasteiger partial charge in [-0.1, -0.05) is 15.9 Å². The van der Waals surface area contributed by atoms with Gasteiger partial charge in [-0.15, -0.1) is 0 Å². The molecule has 1 saturated heterocycles. The summed E-state index contributed by atoms with van der Waals surface area (Å²) >= 11 is 3.47. The van der Waals surface area contributed by atoms with Crippen molar-refractivity contribution >= 4 is 21.9 Å². The molecular weight excluding hydrogens is 322 g/mol. The predicted molar refractivity (Wildman–Crippen MR) is 79.1 cm³/mol. The lowest BCUT2D eigenvalue weighted by Crippen LogP contribution is -2.51. The molecule has 2 unspecified atom stereocenters. The van der Waals surface area contributed by atoms with Crippen LogP contribution in [0.2, 0.25) is 0 Å². The molecule has 0 spiro atoms. The molecule has 2 aliphatic heterocycles. The molecule has 1 N–H and O–H groups in total. The number of fused-ring (bicyclic) bond motifs is 1. The zero-order chi connectivity index (χ0) is 14.3. The van der Waals surface area contributed by atoms with Crippen molar-refractivity contribution in [1.29, 1.82) is 0 Å². The number of carbonyl (C=O) groups is 1. The molecule has 1 aromatic carbocycles. The van der Waals surface area contributed by atoms with Gasteiger partial charge in [0.25, 0.3) is 0 Å². The average molecular weight is 340 g/mol. The summed E-state index contributed by atoms with van der Waals surface area (Å²) in [4.78, 5) is 13.5. The van der Waals surface area contributed by atoms with Crippen molar-refractivity contribution in [2.75, 3.05) is 13.1 Å². The second kappa shape index (κ2) is 5.04. The summed E-state index contributed by atoms with van der Waals surface area (Å²) in [5.74, 6) is 0.197. The van der Waals surface area contributed by atoms with Crippen molar-refractivity contribution in [2.24, 2.45) is 0 Å². The van der Waals surface area contributed by atoms with Crippen molar-refractivity contribution in [2.45, 2.75) is 37.8 Å². The van der Waals surface area contributed by atoms with Crippen LogP contribution in [0.1, 0.15) is 25.3 Å². The van der Waals surface area contributed by atoms with Crippen molar-refractivity contribution in [3.63, 3.8) is 0 Å². The van der Waals surface area contributed by atoms with Crippen LogP contribution in [0.4, 0.5) is 0 Å². The number of aliphatic carboxylic acids is 1. The van der Waals surface area contributed by atoms with Gasteiger partial charge in [0, 0.05) is 17.4 Å². The second-order valence-electron chi connectivity index (χ2n) is 5.82. The minimum atomic E-state index is -0.737. The van der Waals surface area contributed by atoms with Crippen LogP contribution in [0.3, 0.4) is 0 Å². The van der Waals surface area contributed by atoms with Gasteiger partial charge in [-0.25, -0.2) is 0 Å². The molecule has 4 nitrogen and oxygen atoms in total. The van der Waals surface area contributed by atoms with Crippen LogP contribution in [0, 0.1) is 0 Å². The second-order valence-corrected chi connectivity index (χ2v) is 6.74. The lowest BCUT2D eigenvalue weighted by atomic mass is 9.98.